The number of carbonyl (C=O) groups excluding carboxylic acids is 1. The van der Waals surface area contributed by atoms with Gasteiger partial charge in [-0.3, -0.25) is 9.80 Å². The monoisotopic (exact) mass is 376 g/mol. The maximum atomic E-state index is 13.1. The van der Waals surface area contributed by atoms with Gasteiger partial charge in [0.25, 0.3) is 0 Å². The van der Waals surface area contributed by atoms with Crippen molar-refractivity contribution in [2.45, 2.75) is 13.1 Å². The molecule has 0 amide bonds. The number of hydrogen-bond donors (Lipinski definition) is 0. The van der Waals surface area contributed by atoms with E-state index in [-0.39, 0.29) is 11.8 Å². The zero-order valence-electron chi connectivity index (χ0n) is 14.8. The average molecular weight is 377 g/mol. The van der Waals surface area contributed by atoms with Crippen LogP contribution in [-0.4, -0.2) is 49.1 Å². The average Bonchev–Trinajstić information content (AvgIpc) is 2.65. The number of rotatable bonds is 5. The molecule has 2 aromatic carbocycles. The van der Waals surface area contributed by atoms with Crippen LogP contribution in [-0.2, 0) is 17.8 Å². The minimum absolute atomic E-state index is 0.304. The fourth-order valence-electron chi connectivity index (χ4n) is 3.12. The molecule has 6 heteroatoms. The molecular formula is C20H22ClFN2O2. The molecule has 0 unspecified atom stereocenters. The SMILES string of the molecule is COC(=O)c1ccc(CN2CCN(Cc3ccc(F)cc3Cl)CC2)cc1. The Kier molecular flexibility index (Phi) is 6.25. The van der Waals surface area contributed by atoms with Crippen molar-refractivity contribution < 1.29 is 13.9 Å². The summed E-state index contributed by atoms with van der Waals surface area (Å²) in [6.07, 6.45) is 0. The normalized spacial score (nSPS) is 15.8. The first-order valence-electron chi connectivity index (χ1n) is 8.61. The van der Waals surface area contributed by atoms with Crippen LogP contribution in [0.25, 0.3) is 0 Å². The third kappa shape index (κ3) is 4.81. The fourth-order valence-corrected chi connectivity index (χ4v) is 3.35. The molecule has 0 bridgehead atoms. The summed E-state index contributed by atoms with van der Waals surface area (Å²) in [4.78, 5) is 16.2. The fraction of sp³-hybridized carbons (Fsp3) is 0.350. The van der Waals surface area contributed by atoms with E-state index in [1.165, 1.54) is 24.8 Å². The van der Waals surface area contributed by atoms with Crippen LogP contribution in [0.1, 0.15) is 21.5 Å². The Morgan fingerprint density at radius 1 is 1.04 bits per heavy atom. The number of piperazine rings is 1. The number of ether oxygens (including phenoxy) is 1. The van der Waals surface area contributed by atoms with E-state index in [0.717, 1.165) is 44.8 Å². The number of esters is 1. The number of methoxy groups -OCH3 is 1. The summed E-state index contributed by atoms with van der Waals surface area (Å²) in [5, 5.41) is 0.484. The summed E-state index contributed by atoms with van der Waals surface area (Å²) in [5.74, 6) is -0.619. The van der Waals surface area contributed by atoms with E-state index in [4.69, 9.17) is 16.3 Å². The lowest BCUT2D eigenvalue weighted by Gasteiger charge is -2.34. The van der Waals surface area contributed by atoms with Gasteiger partial charge in [-0.15, -0.1) is 0 Å². The topological polar surface area (TPSA) is 32.8 Å². The highest BCUT2D eigenvalue weighted by atomic mass is 35.5. The molecule has 0 spiro atoms. The Bertz CT molecular complexity index is 759. The van der Waals surface area contributed by atoms with Gasteiger partial charge in [0.15, 0.2) is 0 Å². The molecule has 2 aromatic rings. The van der Waals surface area contributed by atoms with E-state index < -0.39 is 0 Å². The van der Waals surface area contributed by atoms with Crippen molar-refractivity contribution in [2.24, 2.45) is 0 Å². The zero-order valence-corrected chi connectivity index (χ0v) is 15.5. The van der Waals surface area contributed by atoms with Gasteiger partial charge in [-0.2, -0.15) is 0 Å². The zero-order chi connectivity index (χ0) is 18.5. The predicted octanol–water partition coefficient (Wildman–Crippen LogP) is 3.58. The highest BCUT2D eigenvalue weighted by Gasteiger charge is 2.18. The van der Waals surface area contributed by atoms with E-state index in [1.54, 1.807) is 18.2 Å². The highest BCUT2D eigenvalue weighted by Crippen LogP contribution is 2.20. The van der Waals surface area contributed by atoms with Crippen LogP contribution in [0.4, 0.5) is 4.39 Å². The van der Waals surface area contributed by atoms with Crippen LogP contribution in [0.15, 0.2) is 42.5 Å². The van der Waals surface area contributed by atoms with Crippen LogP contribution in [0.2, 0.25) is 5.02 Å². The van der Waals surface area contributed by atoms with Gasteiger partial charge >= 0.3 is 5.97 Å². The molecule has 0 aromatic heterocycles. The van der Waals surface area contributed by atoms with Gasteiger partial charge in [0.05, 0.1) is 12.7 Å². The summed E-state index contributed by atoms with van der Waals surface area (Å²) in [5.41, 5.74) is 2.70. The summed E-state index contributed by atoms with van der Waals surface area (Å²) in [6, 6.07) is 12.1. The molecule has 0 atom stereocenters. The van der Waals surface area contributed by atoms with Crippen molar-refractivity contribution in [1.29, 1.82) is 0 Å². The first kappa shape index (κ1) is 18.8. The Morgan fingerprint density at radius 2 is 1.65 bits per heavy atom. The minimum Gasteiger partial charge on any atom is -0.465 e. The van der Waals surface area contributed by atoms with Gasteiger partial charge in [0.2, 0.25) is 0 Å². The standard InChI is InChI=1S/C20H22ClFN2O2/c1-26-20(25)16-4-2-15(3-5-16)13-23-8-10-24(11-9-23)14-17-6-7-18(22)12-19(17)21/h2-7,12H,8-11,13-14H2,1H3. The van der Waals surface area contributed by atoms with Crippen molar-refractivity contribution in [3.8, 4) is 0 Å². The second kappa shape index (κ2) is 8.62. The third-order valence-corrected chi connectivity index (χ3v) is 5.01. The minimum atomic E-state index is -0.315. The van der Waals surface area contributed by atoms with Crippen LogP contribution < -0.4 is 0 Å². The number of nitrogens with zero attached hydrogens (tertiary/aromatic N) is 2. The summed E-state index contributed by atoms with van der Waals surface area (Å²) in [7, 11) is 1.38. The molecule has 1 heterocycles. The van der Waals surface area contributed by atoms with E-state index in [1.807, 2.05) is 12.1 Å². The third-order valence-electron chi connectivity index (χ3n) is 4.66. The summed E-state index contributed by atoms with van der Waals surface area (Å²) >= 11 is 6.12. The van der Waals surface area contributed by atoms with Gasteiger partial charge in [0.1, 0.15) is 5.82 Å². The van der Waals surface area contributed by atoms with Gasteiger partial charge in [-0.1, -0.05) is 29.8 Å². The second-order valence-corrected chi connectivity index (χ2v) is 6.88. The first-order chi connectivity index (χ1) is 12.5. The summed E-state index contributed by atoms with van der Waals surface area (Å²) < 4.78 is 17.9. The Hall–Kier alpha value is -1.95. The van der Waals surface area contributed by atoms with Gasteiger partial charge in [-0.25, -0.2) is 9.18 Å². The summed E-state index contributed by atoms with van der Waals surface area (Å²) in [6.45, 7) is 5.38. The van der Waals surface area contributed by atoms with Crippen molar-refractivity contribution in [3.63, 3.8) is 0 Å². The molecule has 0 saturated carbocycles. The maximum Gasteiger partial charge on any atom is 0.337 e. The Labute approximate surface area is 158 Å². The lowest BCUT2D eigenvalue weighted by atomic mass is 10.1. The largest absolute Gasteiger partial charge is 0.465 e. The van der Waals surface area contributed by atoms with Crippen LogP contribution in [0.3, 0.4) is 0 Å². The smallest absolute Gasteiger partial charge is 0.337 e. The molecule has 1 aliphatic rings. The quantitative estimate of drug-likeness (QED) is 0.747. The molecule has 4 nitrogen and oxygen atoms in total. The van der Waals surface area contributed by atoms with E-state index in [2.05, 4.69) is 9.80 Å². The van der Waals surface area contributed by atoms with Crippen LogP contribution in [0, 0.1) is 5.82 Å². The van der Waals surface area contributed by atoms with Crippen molar-refractivity contribution in [3.05, 3.63) is 70.0 Å². The molecule has 3 rings (SSSR count). The molecule has 26 heavy (non-hydrogen) atoms. The lowest BCUT2D eigenvalue weighted by Crippen LogP contribution is -2.45. The molecule has 0 aliphatic carbocycles. The van der Waals surface area contributed by atoms with Crippen LogP contribution in [0.5, 0.6) is 0 Å². The Morgan fingerprint density at radius 3 is 2.23 bits per heavy atom. The number of halogens is 2. The maximum absolute atomic E-state index is 13.1. The van der Waals surface area contributed by atoms with E-state index >= 15 is 0 Å². The number of carbonyl (C=O) groups is 1. The molecular weight excluding hydrogens is 355 g/mol. The van der Waals surface area contributed by atoms with E-state index in [9.17, 15) is 9.18 Å². The molecule has 138 valence electrons. The highest BCUT2D eigenvalue weighted by molar-refractivity contribution is 6.31. The molecule has 1 aliphatic heterocycles. The molecule has 0 N–H and O–H groups in total. The van der Waals surface area contributed by atoms with Gasteiger partial charge in [0, 0.05) is 44.3 Å². The van der Waals surface area contributed by atoms with Crippen molar-refractivity contribution in [1.82, 2.24) is 9.80 Å². The molecule has 1 fully saturated rings. The number of benzene rings is 2. The lowest BCUT2D eigenvalue weighted by molar-refractivity contribution is 0.0600. The molecule has 0 radical (unpaired) electrons. The molecule has 1 saturated heterocycles. The Balaban J connectivity index is 1.50. The number of hydrogen-bond acceptors (Lipinski definition) is 4. The van der Waals surface area contributed by atoms with Crippen molar-refractivity contribution in [2.75, 3.05) is 33.3 Å². The van der Waals surface area contributed by atoms with Gasteiger partial charge < -0.3 is 4.74 Å². The first-order valence-corrected chi connectivity index (χ1v) is 8.99. The van der Waals surface area contributed by atoms with Gasteiger partial charge in [-0.05, 0) is 35.4 Å². The van der Waals surface area contributed by atoms with E-state index in [0.29, 0.717) is 10.6 Å². The second-order valence-electron chi connectivity index (χ2n) is 6.48. The predicted molar refractivity (Wildman–Crippen MR) is 99.7 cm³/mol. The van der Waals surface area contributed by atoms with Crippen LogP contribution >= 0.6 is 11.6 Å². The van der Waals surface area contributed by atoms with Crippen molar-refractivity contribution >= 4 is 17.6 Å².